The van der Waals surface area contributed by atoms with Crippen molar-refractivity contribution in [2.45, 2.75) is 59.5 Å². The molecule has 1 heterocycles. The van der Waals surface area contributed by atoms with Gasteiger partial charge in [0.2, 0.25) is 0 Å². The molecule has 29 heavy (non-hydrogen) atoms. The molecule has 0 saturated carbocycles. The summed E-state index contributed by atoms with van der Waals surface area (Å²) in [5, 5.41) is 0. The normalized spacial score (nSPS) is 23.6. The Hall–Kier alpha value is -2.43. The molecule has 0 radical (unpaired) electrons. The number of ether oxygens (including phenoxy) is 1. The fraction of sp³-hybridized carbons (Fsp3) is 0.542. The molecule has 2 atom stereocenters. The number of carbonyl (C=O) groups excluding carboxylic acids is 2. The SMILES string of the molecule is CC1=NC2=C(C(=O)CC(C)(C)C2)[C@@H](c2ccc(N(C)C)cc2)C1C(=O)OC(C)C. The fourth-order valence-electron chi connectivity index (χ4n) is 4.40. The van der Waals surface area contributed by atoms with Crippen molar-refractivity contribution in [2.75, 3.05) is 19.0 Å². The molecule has 0 saturated heterocycles. The van der Waals surface area contributed by atoms with Crippen molar-refractivity contribution in [3.05, 3.63) is 41.1 Å². The molecule has 0 aromatic heterocycles. The van der Waals surface area contributed by atoms with Gasteiger partial charge in [-0.25, -0.2) is 0 Å². The van der Waals surface area contributed by atoms with Gasteiger partial charge in [-0.05, 0) is 50.3 Å². The minimum Gasteiger partial charge on any atom is -0.462 e. The van der Waals surface area contributed by atoms with Gasteiger partial charge in [0.25, 0.3) is 0 Å². The highest BCUT2D eigenvalue weighted by molar-refractivity contribution is 6.09. The summed E-state index contributed by atoms with van der Waals surface area (Å²) in [4.78, 5) is 33.0. The highest BCUT2D eigenvalue weighted by Crippen LogP contribution is 2.48. The van der Waals surface area contributed by atoms with E-state index in [2.05, 4.69) is 13.8 Å². The van der Waals surface area contributed by atoms with E-state index in [-0.39, 0.29) is 29.2 Å². The molecule has 5 heteroatoms. The van der Waals surface area contributed by atoms with Crippen LogP contribution in [0.5, 0.6) is 0 Å². The quantitative estimate of drug-likeness (QED) is 0.702. The molecule has 1 unspecified atom stereocenters. The van der Waals surface area contributed by atoms with Crippen molar-refractivity contribution < 1.29 is 14.3 Å². The Labute approximate surface area is 173 Å². The van der Waals surface area contributed by atoms with Crippen LogP contribution in [0.4, 0.5) is 5.69 Å². The van der Waals surface area contributed by atoms with Crippen LogP contribution < -0.4 is 4.90 Å². The first kappa shape index (κ1) is 21.3. The maximum Gasteiger partial charge on any atom is 0.315 e. The largest absolute Gasteiger partial charge is 0.462 e. The predicted octanol–water partition coefficient (Wildman–Crippen LogP) is 4.52. The van der Waals surface area contributed by atoms with E-state index in [0.717, 1.165) is 29.1 Å². The van der Waals surface area contributed by atoms with Gasteiger partial charge >= 0.3 is 5.97 Å². The van der Waals surface area contributed by atoms with Crippen LogP contribution in [0.2, 0.25) is 0 Å². The molecule has 3 rings (SSSR count). The maximum atomic E-state index is 13.2. The third kappa shape index (κ3) is 4.29. The van der Waals surface area contributed by atoms with Gasteiger partial charge in [-0.2, -0.15) is 0 Å². The molecule has 2 aliphatic rings. The molecule has 0 spiro atoms. The second-order valence-corrected chi connectivity index (χ2v) is 9.48. The number of allylic oxidation sites excluding steroid dienone is 2. The first-order valence-electron chi connectivity index (χ1n) is 10.3. The molecule has 0 bridgehead atoms. The number of Topliss-reactive ketones (excluding diaryl/α,β-unsaturated/α-hetero) is 1. The summed E-state index contributed by atoms with van der Waals surface area (Å²) in [5.74, 6) is -1.15. The van der Waals surface area contributed by atoms with Crippen LogP contribution in [-0.2, 0) is 14.3 Å². The van der Waals surface area contributed by atoms with Crippen LogP contribution in [-0.4, -0.2) is 37.7 Å². The molecule has 5 nitrogen and oxygen atoms in total. The summed E-state index contributed by atoms with van der Waals surface area (Å²) in [6.45, 7) is 9.75. The Morgan fingerprint density at radius 2 is 1.79 bits per heavy atom. The van der Waals surface area contributed by atoms with Crippen molar-refractivity contribution in [2.24, 2.45) is 16.3 Å². The summed E-state index contributed by atoms with van der Waals surface area (Å²) < 4.78 is 5.57. The Bertz CT molecular complexity index is 876. The third-order valence-electron chi connectivity index (χ3n) is 5.68. The number of nitrogens with zero attached hydrogens (tertiary/aromatic N) is 2. The monoisotopic (exact) mass is 396 g/mol. The van der Waals surface area contributed by atoms with Gasteiger partial charge in [0.15, 0.2) is 5.78 Å². The number of hydrogen-bond acceptors (Lipinski definition) is 5. The maximum absolute atomic E-state index is 13.2. The van der Waals surface area contributed by atoms with E-state index >= 15 is 0 Å². The lowest BCUT2D eigenvalue weighted by molar-refractivity contribution is -0.150. The molecule has 1 aliphatic heterocycles. The number of rotatable bonds is 4. The molecule has 1 aromatic rings. The predicted molar refractivity (Wildman–Crippen MR) is 116 cm³/mol. The lowest BCUT2D eigenvalue weighted by atomic mass is 9.67. The fourth-order valence-corrected chi connectivity index (χ4v) is 4.40. The standard InChI is InChI=1S/C24H32N2O3/c1-14(2)29-23(28)20-15(3)25-18-12-24(4,5)13-19(27)22(18)21(20)16-8-10-17(11-9-16)26(6)7/h8-11,14,20-21H,12-13H2,1-7H3/t20?,21-/m0/s1. The molecular weight excluding hydrogens is 364 g/mol. The molecular formula is C24H32N2O3. The van der Waals surface area contributed by atoms with Crippen molar-refractivity contribution in [3.63, 3.8) is 0 Å². The van der Waals surface area contributed by atoms with E-state index < -0.39 is 5.92 Å². The highest BCUT2D eigenvalue weighted by atomic mass is 16.5. The van der Waals surface area contributed by atoms with Crippen LogP contribution in [0, 0.1) is 11.3 Å². The Morgan fingerprint density at radius 1 is 1.17 bits per heavy atom. The van der Waals surface area contributed by atoms with E-state index in [9.17, 15) is 9.59 Å². The lowest BCUT2D eigenvalue weighted by Crippen LogP contribution is -2.40. The first-order valence-corrected chi connectivity index (χ1v) is 10.3. The minimum absolute atomic E-state index is 0.0940. The number of ketones is 1. The van der Waals surface area contributed by atoms with E-state index in [1.165, 1.54) is 0 Å². The lowest BCUT2D eigenvalue weighted by Gasteiger charge is -2.39. The van der Waals surface area contributed by atoms with E-state index in [1.807, 2.05) is 64.0 Å². The van der Waals surface area contributed by atoms with Crippen molar-refractivity contribution in [1.29, 1.82) is 0 Å². The van der Waals surface area contributed by atoms with Crippen LogP contribution in [0.15, 0.2) is 40.5 Å². The van der Waals surface area contributed by atoms with Crippen LogP contribution in [0.25, 0.3) is 0 Å². The van der Waals surface area contributed by atoms with E-state index in [1.54, 1.807) is 0 Å². The number of esters is 1. The van der Waals surface area contributed by atoms with E-state index in [4.69, 9.17) is 9.73 Å². The Morgan fingerprint density at radius 3 is 2.34 bits per heavy atom. The molecule has 1 aromatic carbocycles. The summed E-state index contributed by atoms with van der Waals surface area (Å²) >= 11 is 0. The number of carbonyl (C=O) groups is 2. The van der Waals surface area contributed by atoms with Crippen molar-refractivity contribution in [3.8, 4) is 0 Å². The molecule has 0 N–H and O–H groups in total. The molecule has 0 fully saturated rings. The third-order valence-corrected chi connectivity index (χ3v) is 5.68. The van der Waals surface area contributed by atoms with Gasteiger partial charge < -0.3 is 9.64 Å². The smallest absolute Gasteiger partial charge is 0.315 e. The highest BCUT2D eigenvalue weighted by Gasteiger charge is 2.46. The molecule has 1 aliphatic carbocycles. The van der Waals surface area contributed by atoms with Crippen molar-refractivity contribution >= 4 is 23.2 Å². The topological polar surface area (TPSA) is 59.0 Å². The number of hydrogen-bond donors (Lipinski definition) is 0. The Balaban J connectivity index is 2.13. The van der Waals surface area contributed by atoms with Gasteiger partial charge in [-0.1, -0.05) is 26.0 Å². The Kier molecular flexibility index (Phi) is 5.70. The van der Waals surface area contributed by atoms with Crippen molar-refractivity contribution in [1.82, 2.24) is 0 Å². The minimum atomic E-state index is -0.577. The molecule has 156 valence electrons. The number of anilines is 1. The summed E-state index contributed by atoms with van der Waals surface area (Å²) in [5.41, 5.74) is 4.15. The second kappa shape index (κ2) is 7.77. The number of aliphatic imine (C=N–C) groups is 1. The van der Waals surface area contributed by atoms with Gasteiger partial charge in [-0.3, -0.25) is 14.6 Å². The summed E-state index contributed by atoms with van der Waals surface area (Å²) in [6.07, 6.45) is 0.992. The van der Waals surface area contributed by atoms with Gasteiger partial charge in [0, 0.05) is 49.1 Å². The van der Waals surface area contributed by atoms with Gasteiger partial charge in [-0.15, -0.1) is 0 Å². The van der Waals surface area contributed by atoms with Gasteiger partial charge in [0.05, 0.1) is 6.10 Å². The number of benzene rings is 1. The second-order valence-electron chi connectivity index (χ2n) is 9.48. The van der Waals surface area contributed by atoms with E-state index in [0.29, 0.717) is 12.0 Å². The summed E-state index contributed by atoms with van der Waals surface area (Å²) in [7, 11) is 3.98. The molecule has 0 amide bonds. The van der Waals surface area contributed by atoms with Crippen LogP contribution >= 0.6 is 0 Å². The van der Waals surface area contributed by atoms with Gasteiger partial charge in [0.1, 0.15) is 5.92 Å². The zero-order valence-electron chi connectivity index (χ0n) is 18.6. The average Bonchev–Trinajstić information content (AvgIpc) is 2.58. The average molecular weight is 397 g/mol. The first-order chi connectivity index (χ1) is 13.5. The summed E-state index contributed by atoms with van der Waals surface area (Å²) in [6, 6.07) is 8.09. The zero-order chi connectivity index (χ0) is 21.5. The van der Waals surface area contributed by atoms with Crippen LogP contribution in [0.1, 0.15) is 58.9 Å². The zero-order valence-corrected chi connectivity index (χ0v) is 18.6. The van der Waals surface area contributed by atoms with Crippen LogP contribution in [0.3, 0.4) is 0 Å².